The van der Waals surface area contributed by atoms with Crippen LogP contribution in [0.2, 0.25) is 5.02 Å². The SMILES string of the molecule is Cc1cc([C@@H](C)Nc2c(Cl)ccnc2C(=O)O)c2oc(N3Cc4ccc(F)cc4C3)c(C)c(=O)c2c1. The molecular weight excluding hydrogens is 485 g/mol. The highest BCUT2D eigenvalue weighted by molar-refractivity contribution is 6.33. The van der Waals surface area contributed by atoms with E-state index >= 15 is 0 Å². The molecular formula is C27H23ClFN3O4. The maximum absolute atomic E-state index is 13.8. The first-order chi connectivity index (χ1) is 17.1. The van der Waals surface area contributed by atoms with E-state index in [1.807, 2.05) is 24.8 Å². The fourth-order valence-corrected chi connectivity index (χ4v) is 4.92. The number of nitrogens with zero attached hydrogens (tertiary/aromatic N) is 2. The second-order valence-corrected chi connectivity index (χ2v) is 9.46. The molecule has 0 unspecified atom stereocenters. The van der Waals surface area contributed by atoms with Gasteiger partial charge in [-0.3, -0.25) is 4.79 Å². The highest BCUT2D eigenvalue weighted by atomic mass is 35.5. The number of pyridine rings is 1. The van der Waals surface area contributed by atoms with Crippen LogP contribution in [0.4, 0.5) is 16.0 Å². The Morgan fingerprint density at radius 1 is 1.19 bits per heavy atom. The molecule has 4 aromatic rings. The number of benzene rings is 2. The molecule has 0 aliphatic carbocycles. The highest BCUT2D eigenvalue weighted by Crippen LogP contribution is 2.36. The van der Waals surface area contributed by atoms with Crippen LogP contribution < -0.4 is 15.6 Å². The van der Waals surface area contributed by atoms with Gasteiger partial charge in [-0.15, -0.1) is 0 Å². The molecule has 9 heteroatoms. The lowest BCUT2D eigenvalue weighted by Crippen LogP contribution is -2.20. The molecule has 0 radical (unpaired) electrons. The third-order valence-electron chi connectivity index (χ3n) is 6.47. The van der Waals surface area contributed by atoms with Crippen LogP contribution in [0, 0.1) is 19.7 Å². The van der Waals surface area contributed by atoms with E-state index in [4.69, 9.17) is 16.0 Å². The van der Waals surface area contributed by atoms with Crippen molar-refractivity contribution in [2.75, 3.05) is 10.2 Å². The first-order valence-electron chi connectivity index (χ1n) is 11.4. The third-order valence-corrected chi connectivity index (χ3v) is 6.79. The van der Waals surface area contributed by atoms with E-state index in [2.05, 4.69) is 10.3 Å². The van der Waals surface area contributed by atoms with Crippen molar-refractivity contribution in [3.8, 4) is 0 Å². The van der Waals surface area contributed by atoms with Crippen molar-refractivity contribution in [3.63, 3.8) is 0 Å². The van der Waals surface area contributed by atoms with Gasteiger partial charge in [0.2, 0.25) is 5.88 Å². The molecule has 36 heavy (non-hydrogen) atoms. The number of nitrogens with one attached hydrogen (secondary N) is 1. The average molecular weight is 508 g/mol. The van der Waals surface area contributed by atoms with Crippen molar-refractivity contribution in [2.45, 2.75) is 39.9 Å². The van der Waals surface area contributed by atoms with E-state index in [9.17, 15) is 19.1 Å². The first-order valence-corrected chi connectivity index (χ1v) is 11.8. The van der Waals surface area contributed by atoms with Crippen molar-refractivity contribution < 1.29 is 18.7 Å². The lowest BCUT2D eigenvalue weighted by Gasteiger charge is -2.22. The lowest BCUT2D eigenvalue weighted by atomic mass is 10.00. The van der Waals surface area contributed by atoms with Gasteiger partial charge in [0, 0.05) is 24.8 Å². The summed E-state index contributed by atoms with van der Waals surface area (Å²) in [6.07, 6.45) is 1.33. The number of halogens is 2. The van der Waals surface area contributed by atoms with Crippen molar-refractivity contribution >= 4 is 40.1 Å². The molecule has 1 aliphatic rings. The molecule has 2 aromatic heterocycles. The number of carboxylic acid groups (broad SMARTS) is 1. The zero-order valence-corrected chi connectivity index (χ0v) is 20.6. The Labute approximate surface area is 211 Å². The van der Waals surface area contributed by atoms with Crippen LogP contribution in [0.1, 0.15) is 51.3 Å². The molecule has 0 amide bonds. The largest absolute Gasteiger partial charge is 0.476 e. The van der Waals surface area contributed by atoms with Crippen LogP contribution in [0.25, 0.3) is 11.0 Å². The molecule has 0 saturated heterocycles. The molecule has 0 fully saturated rings. The summed E-state index contributed by atoms with van der Waals surface area (Å²) in [5.41, 5.74) is 4.03. The number of rotatable bonds is 5. The second-order valence-electron chi connectivity index (χ2n) is 9.05. The summed E-state index contributed by atoms with van der Waals surface area (Å²) in [6, 6.07) is 9.38. The molecule has 7 nitrogen and oxygen atoms in total. The van der Waals surface area contributed by atoms with E-state index < -0.39 is 12.0 Å². The van der Waals surface area contributed by atoms with Gasteiger partial charge < -0.3 is 19.7 Å². The number of carbonyl (C=O) groups is 1. The van der Waals surface area contributed by atoms with Crippen molar-refractivity contribution in [3.05, 3.63) is 97.2 Å². The highest BCUT2D eigenvalue weighted by Gasteiger charge is 2.26. The van der Waals surface area contributed by atoms with Gasteiger partial charge in [0.25, 0.3) is 0 Å². The summed E-state index contributed by atoms with van der Waals surface area (Å²) >= 11 is 6.29. The molecule has 3 heterocycles. The lowest BCUT2D eigenvalue weighted by molar-refractivity contribution is 0.0691. The first kappa shape index (κ1) is 23.8. The second kappa shape index (κ2) is 8.95. The van der Waals surface area contributed by atoms with E-state index in [0.717, 1.165) is 16.7 Å². The third kappa shape index (κ3) is 4.07. The molecule has 2 N–H and O–H groups in total. The Hall–Kier alpha value is -3.91. The monoisotopic (exact) mass is 507 g/mol. The Morgan fingerprint density at radius 3 is 2.69 bits per heavy atom. The van der Waals surface area contributed by atoms with Gasteiger partial charge in [-0.1, -0.05) is 23.7 Å². The summed E-state index contributed by atoms with van der Waals surface area (Å²) in [4.78, 5) is 31.0. The smallest absolute Gasteiger partial charge is 0.356 e. The van der Waals surface area contributed by atoms with Gasteiger partial charge in [-0.2, -0.15) is 0 Å². The summed E-state index contributed by atoms with van der Waals surface area (Å²) in [5.74, 6) is -1.09. The topological polar surface area (TPSA) is 95.7 Å². The summed E-state index contributed by atoms with van der Waals surface area (Å²) < 4.78 is 20.2. The molecule has 5 rings (SSSR count). The number of aromatic carboxylic acids is 1. The maximum atomic E-state index is 13.8. The quantitative estimate of drug-likeness (QED) is 0.342. The molecule has 0 saturated carbocycles. The number of carboxylic acids is 1. The predicted molar refractivity (Wildman–Crippen MR) is 136 cm³/mol. The van der Waals surface area contributed by atoms with Crippen LogP contribution in [0.15, 0.2) is 51.8 Å². The predicted octanol–water partition coefficient (Wildman–Crippen LogP) is 5.99. The van der Waals surface area contributed by atoms with E-state index in [1.165, 1.54) is 24.4 Å². The van der Waals surface area contributed by atoms with E-state index in [-0.39, 0.29) is 27.6 Å². The molecule has 184 valence electrons. The number of anilines is 2. The van der Waals surface area contributed by atoms with Crippen LogP contribution in [0.3, 0.4) is 0 Å². The van der Waals surface area contributed by atoms with E-state index in [1.54, 1.807) is 19.1 Å². The van der Waals surface area contributed by atoms with Crippen molar-refractivity contribution in [2.24, 2.45) is 0 Å². The Kier molecular flexibility index (Phi) is 5.92. The van der Waals surface area contributed by atoms with Gasteiger partial charge in [0.1, 0.15) is 11.4 Å². The van der Waals surface area contributed by atoms with Crippen LogP contribution in [-0.4, -0.2) is 16.1 Å². The van der Waals surface area contributed by atoms with Crippen LogP contribution >= 0.6 is 11.6 Å². The van der Waals surface area contributed by atoms with Gasteiger partial charge in [0.15, 0.2) is 11.1 Å². The molecule has 1 atom stereocenters. The number of aromatic nitrogens is 1. The fraction of sp³-hybridized carbons (Fsp3) is 0.222. The zero-order valence-electron chi connectivity index (χ0n) is 19.9. The van der Waals surface area contributed by atoms with Crippen LogP contribution in [0.5, 0.6) is 0 Å². The van der Waals surface area contributed by atoms with Crippen molar-refractivity contribution in [1.82, 2.24) is 4.98 Å². The summed E-state index contributed by atoms with van der Waals surface area (Å²) in [6.45, 7) is 6.35. The normalized spacial score (nSPS) is 13.6. The number of hydrogen-bond acceptors (Lipinski definition) is 6. The van der Waals surface area contributed by atoms with Gasteiger partial charge >= 0.3 is 5.97 Å². The number of aryl methyl sites for hydroxylation is 1. The molecule has 0 spiro atoms. The Balaban J connectivity index is 1.61. The molecule has 2 aromatic carbocycles. The molecule has 1 aliphatic heterocycles. The Morgan fingerprint density at radius 2 is 1.94 bits per heavy atom. The minimum atomic E-state index is -1.21. The van der Waals surface area contributed by atoms with Gasteiger partial charge in [-0.25, -0.2) is 14.2 Å². The van der Waals surface area contributed by atoms with Gasteiger partial charge in [0.05, 0.1) is 27.7 Å². The van der Waals surface area contributed by atoms with Gasteiger partial charge in [-0.05, 0) is 61.7 Å². The number of hydrogen-bond donors (Lipinski definition) is 2. The minimum Gasteiger partial charge on any atom is -0.476 e. The molecule has 0 bridgehead atoms. The zero-order chi connectivity index (χ0) is 25.7. The average Bonchev–Trinajstić information content (AvgIpc) is 3.25. The summed E-state index contributed by atoms with van der Waals surface area (Å²) in [5, 5.41) is 13.3. The standard InChI is InChI=1S/C27H23ClFN3O4/c1-13-8-19(15(3)31-22-21(28)6-7-30-23(22)27(34)35)25-20(9-13)24(33)14(2)26(36-25)32-11-16-4-5-18(29)10-17(16)12-32/h4-10,15,31H,11-12H2,1-3H3,(H,34,35)/t15-/m1/s1. The van der Waals surface area contributed by atoms with E-state index in [0.29, 0.717) is 41.1 Å². The van der Waals surface area contributed by atoms with Crippen molar-refractivity contribution in [1.29, 1.82) is 0 Å². The number of fused-ring (bicyclic) bond motifs is 2. The fourth-order valence-electron chi connectivity index (χ4n) is 4.72. The Bertz CT molecular complexity index is 1600. The minimum absolute atomic E-state index is 0.156. The maximum Gasteiger partial charge on any atom is 0.356 e. The summed E-state index contributed by atoms with van der Waals surface area (Å²) in [7, 11) is 0. The van der Waals surface area contributed by atoms with Crippen LogP contribution in [-0.2, 0) is 13.1 Å².